The molecule has 3 N–H and O–H groups in total. The largest absolute Gasteiger partial charge is 0.341 e. The Morgan fingerprint density at radius 2 is 1.86 bits per heavy atom. The number of nitrogens with one attached hydrogen (secondary N) is 3. The minimum Gasteiger partial charge on any atom is -0.341 e. The Morgan fingerprint density at radius 3 is 2.61 bits per heavy atom. The monoisotopic (exact) mass is 378 g/mol. The van der Waals surface area contributed by atoms with E-state index in [1.165, 1.54) is 6.08 Å². The third kappa shape index (κ3) is 5.24. The summed E-state index contributed by atoms with van der Waals surface area (Å²) in [5, 5.41) is 6.37. The van der Waals surface area contributed by atoms with Crippen molar-refractivity contribution in [1.29, 1.82) is 0 Å². The van der Waals surface area contributed by atoms with Crippen LogP contribution in [0.5, 0.6) is 0 Å². The third-order valence-corrected chi connectivity index (χ3v) is 3.64. The van der Waals surface area contributed by atoms with Gasteiger partial charge >= 0.3 is 6.01 Å². The molecule has 2 aromatic heterocycles. The molecule has 0 aliphatic carbocycles. The smallest absolute Gasteiger partial charge is 0.340 e. The zero-order valence-electron chi connectivity index (χ0n) is 15.0. The van der Waals surface area contributed by atoms with Crippen LogP contribution in [0.1, 0.15) is 12.5 Å². The van der Waals surface area contributed by atoms with Gasteiger partial charge in [-0.3, -0.25) is 20.0 Å². The number of hydrazine groups is 1. The van der Waals surface area contributed by atoms with Crippen LogP contribution in [-0.4, -0.2) is 33.0 Å². The second-order valence-electron chi connectivity index (χ2n) is 5.75. The van der Waals surface area contributed by atoms with Crippen LogP contribution < -0.4 is 16.2 Å². The third-order valence-electron chi connectivity index (χ3n) is 3.64. The molecule has 3 aromatic rings. The molecule has 0 bridgehead atoms. The van der Waals surface area contributed by atoms with Gasteiger partial charge < -0.3 is 9.84 Å². The molecule has 1 aromatic carbocycles. The van der Waals surface area contributed by atoms with Gasteiger partial charge in [0.15, 0.2) is 0 Å². The highest BCUT2D eigenvalue weighted by Crippen LogP contribution is 2.15. The predicted octanol–water partition coefficient (Wildman–Crippen LogP) is 1.79. The van der Waals surface area contributed by atoms with Crippen molar-refractivity contribution in [2.45, 2.75) is 13.0 Å². The van der Waals surface area contributed by atoms with E-state index in [9.17, 15) is 9.59 Å². The first kappa shape index (κ1) is 18.8. The summed E-state index contributed by atoms with van der Waals surface area (Å²) in [7, 11) is 0. The average Bonchev–Trinajstić information content (AvgIpc) is 3.21. The fourth-order valence-corrected chi connectivity index (χ4v) is 2.18. The lowest BCUT2D eigenvalue weighted by atomic mass is 10.2. The maximum absolute atomic E-state index is 12.1. The molecule has 0 fully saturated rings. The van der Waals surface area contributed by atoms with Crippen molar-refractivity contribution in [1.82, 2.24) is 25.9 Å². The molecule has 9 heteroatoms. The first-order chi connectivity index (χ1) is 13.6. The molecule has 0 aliphatic heterocycles. The average molecular weight is 378 g/mol. The van der Waals surface area contributed by atoms with Crippen LogP contribution >= 0.6 is 0 Å². The molecule has 1 unspecified atom stereocenters. The molecule has 0 aliphatic rings. The summed E-state index contributed by atoms with van der Waals surface area (Å²) >= 11 is 0. The SMILES string of the molecule is CC(NC(=O)/C=C/c1ccccc1)C(=O)NNc1nc(-c2ccncc2)no1. The number of carbonyl (C=O) groups excluding carboxylic acids is 2. The molecule has 9 nitrogen and oxygen atoms in total. The molecule has 28 heavy (non-hydrogen) atoms. The first-order valence-corrected chi connectivity index (χ1v) is 8.45. The molecular weight excluding hydrogens is 360 g/mol. The van der Waals surface area contributed by atoms with Crippen LogP contribution in [0.25, 0.3) is 17.5 Å². The summed E-state index contributed by atoms with van der Waals surface area (Å²) in [5.74, 6) is -0.499. The fourth-order valence-electron chi connectivity index (χ4n) is 2.18. The van der Waals surface area contributed by atoms with Gasteiger partial charge in [0.25, 0.3) is 5.91 Å². The van der Waals surface area contributed by atoms with Gasteiger partial charge in [0.1, 0.15) is 6.04 Å². The lowest BCUT2D eigenvalue weighted by Crippen LogP contribution is -2.46. The van der Waals surface area contributed by atoms with E-state index in [-0.39, 0.29) is 11.9 Å². The molecule has 0 saturated heterocycles. The van der Waals surface area contributed by atoms with E-state index in [0.29, 0.717) is 5.82 Å². The van der Waals surface area contributed by atoms with Crippen molar-refractivity contribution in [3.8, 4) is 11.4 Å². The van der Waals surface area contributed by atoms with E-state index in [1.807, 2.05) is 30.3 Å². The van der Waals surface area contributed by atoms with Gasteiger partial charge in [0, 0.05) is 24.0 Å². The van der Waals surface area contributed by atoms with Crippen molar-refractivity contribution >= 4 is 23.9 Å². The number of aromatic nitrogens is 3. The Hall–Kier alpha value is -4.01. The van der Waals surface area contributed by atoms with Gasteiger partial charge in [-0.2, -0.15) is 4.98 Å². The Kier molecular flexibility index (Phi) is 6.09. The van der Waals surface area contributed by atoms with E-state index < -0.39 is 11.9 Å². The minimum atomic E-state index is -0.775. The molecule has 3 rings (SSSR count). The molecular formula is C19H18N6O3. The second-order valence-corrected chi connectivity index (χ2v) is 5.75. The van der Waals surface area contributed by atoms with E-state index in [1.54, 1.807) is 37.5 Å². The Balaban J connectivity index is 1.47. The lowest BCUT2D eigenvalue weighted by molar-refractivity contribution is -0.126. The summed E-state index contributed by atoms with van der Waals surface area (Å²) in [5.41, 5.74) is 6.54. The highest BCUT2D eigenvalue weighted by molar-refractivity contribution is 5.95. The minimum absolute atomic E-state index is 0.0164. The van der Waals surface area contributed by atoms with Gasteiger partial charge in [-0.25, -0.2) is 5.43 Å². The predicted molar refractivity (Wildman–Crippen MR) is 102 cm³/mol. The maximum atomic E-state index is 12.1. The summed E-state index contributed by atoms with van der Waals surface area (Å²) in [6.45, 7) is 1.56. The summed E-state index contributed by atoms with van der Waals surface area (Å²) in [6, 6.07) is 12.1. The van der Waals surface area contributed by atoms with Crippen molar-refractivity contribution in [2.75, 3.05) is 5.43 Å². The number of pyridine rings is 1. The van der Waals surface area contributed by atoms with Crippen molar-refractivity contribution in [2.24, 2.45) is 0 Å². The number of rotatable bonds is 7. The van der Waals surface area contributed by atoms with Crippen LogP contribution in [0.4, 0.5) is 6.01 Å². The number of benzene rings is 1. The van der Waals surface area contributed by atoms with Gasteiger partial charge in [0.2, 0.25) is 11.7 Å². The van der Waals surface area contributed by atoms with Gasteiger partial charge in [-0.15, -0.1) is 0 Å². The van der Waals surface area contributed by atoms with Crippen LogP contribution in [0.3, 0.4) is 0 Å². The van der Waals surface area contributed by atoms with Gasteiger partial charge in [0.05, 0.1) is 0 Å². The van der Waals surface area contributed by atoms with Crippen molar-refractivity contribution in [3.05, 3.63) is 66.5 Å². The molecule has 1 atom stereocenters. The molecule has 2 amide bonds. The van der Waals surface area contributed by atoms with Crippen molar-refractivity contribution in [3.63, 3.8) is 0 Å². The number of amides is 2. The Morgan fingerprint density at radius 1 is 1.11 bits per heavy atom. The normalized spacial score (nSPS) is 11.8. The highest BCUT2D eigenvalue weighted by atomic mass is 16.5. The number of anilines is 1. The van der Waals surface area contributed by atoms with Crippen LogP contribution in [0, 0.1) is 0 Å². The molecule has 0 spiro atoms. The van der Waals surface area contributed by atoms with Crippen LogP contribution in [-0.2, 0) is 9.59 Å². The number of carbonyl (C=O) groups is 2. The van der Waals surface area contributed by atoms with E-state index >= 15 is 0 Å². The first-order valence-electron chi connectivity index (χ1n) is 8.45. The number of hydrogen-bond donors (Lipinski definition) is 3. The molecule has 142 valence electrons. The highest BCUT2D eigenvalue weighted by Gasteiger charge is 2.15. The van der Waals surface area contributed by atoms with Crippen molar-refractivity contribution < 1.29 is 14.1 Å². The lowest BCUT2D eigenvalue weighted by Gasteiger charge is -2.12. The number of nitrogens with zero attached hydrogens (tertiary/aromatic N) is 3. The summed E-state index contributed by atoms with van der Waals surface area (Å²) < 4.78 is 5.01. The Bertz CT molecular complexity index is 956. The summed E-state index contributed by atoms with van der Waals surface area (Å²) in [4.78, 5) is 32.0. The second kappa shape index (κ2) is 9.08. The zero-order valence-corrected chi connectivity index (χ0v) is 15.0. The standard InChI is InChI=1S/C19H18N6O3/c1-13(21-16(26)8-7-14-5-3-2-4-6-14)18(27)23-24-19-22-17(25-28-19)15-9-11-20-12-10-15/h2-13H,1H3,(H,21,26)(H,23,27)(H,22,24,25)/b8-7+. The zero-order chi connectivity index (χ0) is 19.8. The molecule has 0 radical (unpaired) electrons. The van der Waals surface area contributed by atoms with E-state index in [0.717, 1.165) is 11.1 Å². The molecule has 2 heterocycles. The van der Waals surface area contributed by atoms with E-state index in [4.69, 9.17) is 4.52 Å². The van der Waals surface area contributed by atoms with E-state index in [2.05, 4.69) is 31.3 Å². The maximum Gasteiger partial charge on any atom is 0.340 e. The molecule has 0 saturated carbocycles. The quantitative estimate of drug-likeness (QED) is 0.423. The topological polar surface area (TPSA) is 122 Å². The number of hydrogen-bond acceptors (Lipinski definition) is 7. The Labute approximate surface area is 160 Å². The van der Waals surface area contributed by atoms with Gasteiger partial charge in [-0.1, -0.05) is 35.5 Å². The van der Waals surface area contributed by atoms with Gasteiger partial charge in [-0.05, 0) is 30.7 Å². The summed E-state index contributed by atoms with van der Waals surface area (Å²) in [6.07, 6.45) is 6.25. The van der Waals surface area contributed by atoms with Crippen LogP contribution in [0.2, 0.25) is 0 Å². The van der Waals surface area contributed by atoms with Crippen LogP contribution in [0.15, 0.2) is 65.5 Å². The fraction of sp³-hybridized carbons (Fsp3) is 0.105.